The van der Waals surface area contributed by atoms with Crippen molar-refractivity contribution in [2.24, 2.45) is 17.1 Å². The average Bonchev–Trinajstić information content (AvgIpc) is 2.72. The van der Waals surface area contributed by atoms with Crippen LogP contribution in [0.4, 0.5) is 13.2 Å². The number of benzene rings is 2. The van der Waals surface area contributed by atoms with Gasteiger partial charge < -0.3 is 15.6 Å². The molecule has 1 fully saturated rings. The van der Waals surface area contributed by atoms with Crippen molar-refractivity contribution in [2.75, 3.05) is 6.61 Å². The molecular weight excluding hydrogens is 403 g/mol. The Hall–Kier alpha value is -1.79. The SMILES string of the molecule is CCC(C)(C)C1CCC(Oc2ccc3cc([C@@](C)(N)CO)ccc3c2C(F)(F)F)CC1. The first-order valence-electron chi connectivity index (χ1n) is 11.1. The summed E-state index contributed by atoms with van der Waals surface area (Å²) in [6.45, 7) is 8.06. The molecule has 0 saturated heterocycles. The van der Waals surface area contributed by atoms with Crippen molar-refractivity contribution in [1.82, 2.24) is 0 Å². The summed E-state index contributed by atoms with van der Waals surface area (Å²) in [4.78, 5) is 0. The highest BCUT2D eigenvalue weighted by Crippen LogP contribution is 2.45. The van der Waals surface area contributed by atoms with E-state index >= 15 is 0 Å². The molecule has 3 rings (SSSR count). The highest BCUT2D eigenvalue weighted by atomic mass is 19.4. The van der Waals surface area contributed by atoms with E-state index in [4.69, 9.17) is 10.5 Å². The highest BCUT2D eigenvalue weighted by molar-refractivity contribution is 5.89. The molecule has 172 valence electrons. The number of rotatable bonds is 6. The molecule has 0 aliphatic heterocycles. The van der Waals surface area contributed by atoms with Gasteiger partial charge in [0.2, 0.25) is 0 Å². The maximum atomic E-state index is 14.1. The van der Waals surface area contributed by atoms with Crippen LogP contribution in [0.2, 0.25) is 0 Å². The first-order chi connectivity index (χ1) is 14.4. The van der Waals surface area contributed by atoms with Gasteiger partial charge in [-0.3, -0.25) is 0 Å². The fraction of sp³-hybridized carbons (Fsp3) is 0.600. The molecule has 0 bridgehead atoms. The van der Waals surface area contributed by atoms with E-state index in [-0.39, 0.29) is 29.3 Å². The standard InChI is InChI=1S/C25H34F3NO2/c1-5-23(2,3)17-7-10-19(11-8-17)31-21-13-6-16-14-18(24(4,29)15-30)9-12-20(16)22(21)25(26,27)28/h6,9,12-14,17,19,30H,5,7-8,10-11,15,29H2,1-4H3/t17?,19?,24-/m0/s1. The molecule has 1 aliphatic carbocycles. The fourth-order valence-electron chi connectivity index (χ4n) is 4.58. The third-order valence-electron chi connectivity index (χ3n) is 7.24. The Balaban J connectivity index is 1.90. The lowest BCUT2D eigenvalue weighted by Gasteiger charge is -2.39. The second-order valence-corrected chi connectivity index (χ2v) is 9.88. The number of aliphatic hydroxyl groups is 1. The minimum atomic E-state index is -4.54. The van der Waals surface area contributed by atoms with E-state index < -0.39 is 17.3 Å². The lowest BCUT2D eigenvalue weighted by molar-refractivity contribution is -0.138. The van der Waals surface area contributed by atoms with E-state index in [1.807, 2.05) is 0 Å². The topological polar surface area (TPSA) is 55.5 Å². The van der Waals surface area contributed by atoms with E-state index in [9.17, 15) is 18.3 Å². The van der Waals surface area contributed by atoms with E-state index in [0.717, 1.165) is 32.1 Å². The number of nitrogens with two attached hydrogens (primary N) is 1. The molecule has 0 aromatic heterocycles. The van der Waals surface area contributed by atoms with Crippen LogP contribution < -0.4 is 10.5 Å². The summed E-state index contributed by atoms with van der Waals surface area (Å²) in [6, 6.07) is 7.66. The van der Waals surface area contributed by atoms with Crippen molar-refractivity contribution in [2.45, 2.75) is 77.6 Å². The predicted molar refractivity (Wildman–Crippen MR) is 118 cm³/mol. The number of halogens is 3. The lowest BCUT2D eigenvalue weighted by Crippen LogP contribution is -2.36. The van der Waals surface area contributed by atoms with Crippen LogP contribution in [0.1, 0.15) is 70.9 Å². The second-order valence-electron chi connectivity index (χ2n) is 9.88. The first-order valence-corrected chi connectivity index (χ1v) is 11.1. The van der Waals surface area contributed by atoms with Crippen LogP contribution >= 0.6 is 0 Å². The maximum Gasteiger partial charge on any atom is 0.420 e. The smallest absolute Gasteiger partial charge is 0.420 e. The lowest BCUT2D eigenvalue weighted by atomic mass is 9.69. The van der Waals surface area contributed by atoms with Crippen molar-refractivity contribution >= 4 is 10.8 Å². The number of hydrogen-bond donors (Lipinski definition) is 2. The zero-order valence-electron chi connectivity index (χ0n) is 18.9. The summed E-state index contributed by atoms with van der Waals surface area (Å²) in [7, 11) is 0. The Morgan fingerprint density at radius 1 is 1.03 bits per heavy atom. The molecule has 3 N–H and O–H groups in total. The molecule has 0 spiro atoms. The largest absolute Gasteiger partial charge is 0.490 e. The predicted octanol–water partition coefficient (Wildman–Crippen LogP) is 6.40. The summed E-state index contributed by atoms with van der Waals surface area (Å²) in [6.07, 6.45) is -0.176. The molecule has 6 heteroatoms. The van der Waals surface area contributed by atoms with Gasteiger partial charge in [0, 0.05) is 0 Å². The molecule has 1 saturated carbocycles. The summed E-state index contributed by atoms with van der Waals surface area (Å²) < 4.78 is 48.1. The van der Waals surface area contributed by atoms with E-state index in [1.165, 1.54) is 12.1 Å². The van der Waals surface area contributed by atoms with Crippen molar-refractivity contribution in [1.29, 1.82) is 0 Å². The maximum absolute atomic E-state index is 14.1. The Labute approximate surface area is 182 Å². The van der Waals surface area contributed by atoms with Gasteiger partial charge in [-0.05, 0) is 72.4 Å². The molecule has 0 heterocycles. The van der Waals surface area contributed by atoms with Gasteiger partial charge in [0.25, 0.3) is 0 Å². The van der Waals surface area contributed by atoms with Crippen LogP contribution in [0.3, 0.4) is 0 Å². The number of hydrogen-bond acceptors (Lipinski definition) is 3. The molecular formula is C25H34F3NO2. The van der Waals surface area contributed by atoms with Gasteiger partial charge in [0.05, 0.1) is 18.2 Å². The monoisotopic (exact) mass is 437 g/mol. The normalized spacial score (nSPS) is 22.4. The van der Waals surface area contributed by atoms with E-state index in [0.29, 0.717) is 16.9 Å². The fourth-order valence-corrected chi connectivity index (χ4v) is 4.58. The average molecular weight is 438 g/mol. The highest BCUT2D eigenvalue weighted by Gasteiger charge is 2.38. The first kappa shape index (κ1) is 23.9. The number of alkyl halides is 3. The molecule has 0 unspecified atom stereocenters. The van der Waals surface area contributed by atoms with Gasteiger partial charge in [-0.15, -0.1) is 0 Å². The summed E-state index contributed by atoms with van der Waals surface area (Å²) in [5, 5.41) is 10.0. The Bertz CT molecular complexity index is 913. The number of ether oxygens (including phenoxy) is 1. The number of fused-ring (bicyclic) bond motifs is 1. The van der Waals surface area contributed by atoms with Crippen molar-refractivity contribution in [3.05, 3.63) is 41.5 Å². The molecule has 1 atom stereocenters. The molecule has 2 aromatic carbocycles. The van der Waals surface area contributed by atoms with Gasteiger partial charge in [0.15, 0.2) is 0 Å². The molecule has 3 nitrogen and oxygen atoms in total. The van der Waals surface area contributed by atoms with Gasteiger partial charge in [0.1, 0.15) is 11.3 Å². The van der Waals surface area contributed by atoms with Crippen molar-refractivity contribution in [3.63, 3.8) is 0 Å². The van der Waals surface area contributed by atoms with Crippen LogP contribution in [-0.2, 0) is 11.7 Å². The number of aliphatic hydroxyl groups excluding tert-OH is 1. The third-order valence-corrected chi connectivity index (χ3v) is 7.24. The second kappa shape index (κ2) is 8.62. The molecule has 0 amide bonds. The van der Waals surface area contributed by atoms with Crippen LogP contribution in [0.25, 0.3) is 10.8 Å². The van der Waals surface area contributed by atoms with Crippen molar-refractivity contribution < 1.29 is 23.0 Å². The zero-order valence-corrected chi connectivity index (χ0v) is 18.9. The van der Waals surface area contributed by atoms with Gasteiger partial charge in [-0.1, -0.05) is 45.4 Å². The van der Waals surface area contributed by atoms with Crippen LogP contribution in [0.15, 0.2) is 30.3 Å². The minimum absolute atomic E-state index is 0.0864. The van der Waals surface area contributed by atoms with Gasteiger partial charge in [-0.2, -0.15) is 13.2 Å². The zero-order chi connectivity index (χ0) is 23.0. The van der Waals surface area contributed by atoms with E-state index in [1.54, 1.807) is 25.1 Å². The van der Waals surface area contributed by atoms with E-state index in [2.05, 4.69) is 20.8 Å². The Morgan fingerprint density at radius 2 is 1.68 bits per heavy atom. The van der Waals surface area contributed by atoms with Crippen LogP contribution in [0.5, 0.6) is 5.75 Å². The summed E-state index contributed by atoms with van der Waals surface area (Å²) in [5.74, 6) is 0.468. The molecule has 31 heavy (non-hydrogen) atoms. The minimum Gasteiger partial charge on any atom is -0.490 e. The molecule has 0 radical (unpaired) electrons. The van der Waals surface area contributed by atoms with Gasteiger partial charge in [-0.25, -0.2) is 0 Å². The van der Waals surface area contributed by atoms with Crippen molar-refractivity contribution in [3.8, 4) is 5.75 Å². The summed E-state index contributed by atoms with van der Waals surface area (Å²) >= 11 is 0. The third kappa shape index (κ3) is 5.01. The molecule has 2 aromatic rings. The Morgan fingerprint density at radius 3 is 2.23 bits per heavy atom. The van der Waals surface area contributed by atoms with Crippen LogP contribution in [-0.4, -0.2) is 17.8 Å². The quantitative estimate of drug-likeness (QED) is 0.550. The van der Waals surface area contributed by atoms with Gasteiger partial charge >= 0.3 is 6.18 Å². The van der Waals surface area contributed by atoms with Crippen LogP contribution in [0, 0.1) is 11.3 Å². The molecule has 1 aliphatic rings. The summed E-state index contributed by atoms with van der Waals surface area (Å²) in [5.41, 5.74) is 5.13. The Kier molecular flexibility index (Phi) is 6.64.